The van der Waals surface area contributed by atoms with Crippen LogP contribution in [0.1, 0.15) is 11.4 Å². The molecule has 0 atom stereocenters. The number of nitriles is 1. The Labute approximate surface area is 135 Å². The largest absolute Gasteiger partial charge is 0.295 e. The monoisotopic (exact) mass is 360 g/mol. The van der Waals surface area contributed by atoms with Gasteiger partial charge in [0.25, 0.3) is 0 Å². The number of rotatable bonds is 3. The smallest absolute Gasteiger partial charge is 0.115 e. The molecule has 0 spiro atoms. The fraction of sp³-hybridized carbons (Fsp3) is 0.133. The molecule has 0 fully saturated rings. The molecule has 104 valence electrons. The van der Waals surface area contributed by atoms with Gasteiger partial charge in [0.2, 0.25) is 0 Å². The summed E-state index contributed by atoms with van der Waals surface area (Å²) in [5, 5.41) is 9.36. The van der Waals surface area contributed by atoms with E-state index in [1.54, 1.807) is 18.5 Å². The number of alkyl halides is 1. The minimum Gasteiger partial charge on any atom is -0.295 e. The Morgan fingerprint density at radius 2 is 2.19 bits per heavy atom. The highest BCUT2D eigenvalue weighted by Crippen LogP contribution is 2.26. The van der Waals surface area contributed by atoms with Crippen LogP contribution in [0, 0.1) is 11.3 Å². The molecule has 0 aliphatic carbocycles. The summed E-state index contributed by atoms with van der Waals surface area (Å²) in [6.07, 6.45) is 4.05. The highest BCUT2D eigenvalue weighted by molar-refractivity contribution is 9.10. The second-order valence-corrected chi connectivity index (χ2v) is 5.73. The number of pyridine rings is 1. The van der Waals surface area contributed by atoms with Crippen LogP contribution in [0.3, 0.4) is 0 Å². The number of benzene rings is 1. The number of imidazole rings is 1. The van der Waals surface area contributed by atoms with E-state index in [0.717, 1.165) is 27.0 Å². The van der Waals surface area contributed by atoms with E-state index in [2.05, 4.69) is 32.0 Å². The van der Waals surface area contributed by atoms with Crippen LogP contribution in [0.4, 0.5) is 0 Å². The molecule has 0 saturated carbocycles. The lowest BCUT2D eigenvalue weighted by atomic mass is 10.2. The van der Waals surface area contributed by atoms with E-state index in [1.165, 1.54) is 0 Å². The average Bonchev–Trinajstić information content (AvgIpc) is 2.85. The molecule has 1 aromatic carbocycles. The third kappa shape index (κ3) is 2.53. The Morgan fingerprint density at radius 1 is 1.33 bits per heavy atom. The minimum absolute atomic E-state index is 0.465. The Morgan fingerprint density at radius 3 is 2.95 bits per heavy atom. The van der Waals surface area contributed by atoms with Gasteiger partial charge in [-0.05, 0) is 24.3 Å². The maximum Gasteiger partial charge on any atom is 0.115 e. The predicted octanol–water partition coefficient (Wildman–Crippen LogP) is 3.84. The standard InChI is InChI=1S/C15H10BrClN4/c16-11-2-1-10(8-18)14(7-11)21-13-4-6-19-9-12(13)20-15(21)3-5-17/h1-2,4,6-7,9H,3,5H2. The van der Waals surface area contributed by atoms with Crippen molar-refractivity contribution >= 4 is 38.6 Å². The molecule has 0 bridgehead atoms. The average molecular weight is 362 g/mol. The first-order valence-corrected chi connectivity index (χ1v) is 7.64. The molecule has 3 rings (SSSR count). The van der Waals surface area contributed by atoms with Crippen molar-refractivity contribution in [1.29, 1.82) is 5.26 Å². The van der Waals surface area contributed by atoms with Crippen LogP contribution in [0.15, 0.2) is 41.1 Å². The fourth-order valence-corrected chi connectivity index (χ4v) is 2.81. The maximum atomic E-state index is 9.36. The molecule has 0 radical (unpaired) electrons. The van der Waals surface area contributed by atoms with Gasteiger partial charge in [-0.25, -0.2) is 4.98 Å². The van der Waals surface area contributed by atoms with Gasteiger partial charge in [0, 0.05) is 23.0 Å². The van der Waals surface area contributed by atoms with E-state index in [9.17, 15) is 5.26 Å². The van der Waals surface area contributed by atoms with E-state index in [0.29, 0.717) is 17.9 Å². The normalized spacial score (nSPS) is 10.7. The first kappa shape index (κ1) is 14.1. The van der Waals surface area contributed by atoms with E-state index in [4.69, 9.17) is 11.6 Å². The molecule has 0 aliphatic heterocycles. The number of aromatic nitrogens is 3. The molecule has 0 amide bonds. The highest BCUT2D eigenvalue weighted by Gasteiger charge is 2.15. The Bertz CT molecular complexity index is 850. The zero-order valence-electron chi connectivity index (χ0n) is 10.9. The van der Waals surface area contributed by atoms with Gasteiger partial charge in [-0.3, -0.25) is 9.55 Å². The van der Waals surface area contributed by atoms with Crippen LogP contribution in [-0.2, 0) is 6.42 Å². The lowest BCUT2D eigenvalue weighted by Crippen LogP contribution is -2.04. The third-order valence-electron chi connectivity index (χ3n) is 3.17. The summed E-state index contributed by atoms with van der Waals surface area (Å²) in [7, 11) is 0. The van der Waals surface area contributed by atoms with Gasteiger partial charge in [-0.1, -0.05) is 15.9 Å². The van der Waals surface area contributed by atoms with Crippen LogP contribution >= 0.6 is 27.5 Å². The van der Waals surface area contributed by atoms with Crippen LogP contribution in [0.25, 0.3) is 16.7 Å². The summed E-state index contributed by atoms with van der Waals surface area (Å²) in [5.74, 6) is 1.29. The summed E-state index contributed by atoms with van der Waals surface area (Å²) in [4.78, 5) is 8.67. The summed E-state index contributed by atoms with van der Waals surface area (Å²) in [6, 6.07) is 9.67. The first-order valence-electron chi connectivity index (χ1n) is 6.32. The molecule has 0 N–H and O–H groups in total. The quantitative estimate of drug-likeness (QED) is 0.666. The molecule has 3 aromatic rings. The zero-order valence-corrected chi connectivity index (χ0v) is 13.3. The third-order valence-corrected chi connectivity index (χ3v) is 3.85. The number of aryl methyl sites for hydroxylation is 1. The molecule has 0 unspecified atom stereocenters. The SMILES string of the molecule is N#Cc1ccc(Br)cc1-n1c(CCCl)nc2cnccc21. The number of hydrogen-bond acceptors (Lipinski definition) is 3. The van der Waals surface area contributed by atoms with E-state index >= 15 is 0 Å². The number of halogens is 2. The van der Waals surface area contributed by atoms with E-state index in [1.807, 2.05) is 22.8 Å². The summed E-state index contributed by atoms with van der Waals surface area (Å²) in [6.45, 7) is 0. The molecule has 4 nitrogen and oxygen atoms in total. The second-order valence-electron chi connectivity index (χ2n) is 4.44. The number of fused-ring (bicyclic) bond motifs is 1. The van der Waals surface area contributed by atoms with Crippen molar-refractivity contribution in [2.45, 2.75) is 6.42 Å². The lowest BCUT2D eigenvalue weighted by Gasteiger charge is -2.11. The topological polar surface area (TPSA) is 54.5 Å². The van der Waals surface area contributed by atoms with Gasteiger partial charge in [0.15, 0.2) is 0 Å². The molecule has 0 aliphatic rings. The Balaban J connectivity index is 2.36. The van der Waals surface area contributed by atoms with E-state index in [-0.39, 0.29) is 0 Å². The van der Waals surface area contributed by atoms with Crippen LogP contribution in [0.2, 0.25) is 0 Å². The molecular formula is C15H10BrClN4. The van der Waals surface area contributed by atoms with Crippen molar-refractivity contribution in [3.63, 3.8) is 0 Å². The van der Waals surface area contributed by atoms with Crippen molar-refractivity contribution in [2.24, 2.45) is 0 Å². The lowest BCUT2D eigenvalue weighted by molar-refractivity contribution is 0.910. The molecule has 0 saturated heterocycles. The summed E-state index contributed by atoms with van der Waals surface area (Å²) in [5.41, 5.74) is 3.09. The second kappa shape index (κ2) is 5.84. The van der Waals surface area contributed by atoms with Gasteiger partial charge in [0.05, 0.1) is 23.0 Å². The van der Waals surface area contributed by atoms with Gasteiger partial charge >= 0.3 is 0 Å². The van der Waals surface area contributed by atoms with Crippen LogP contribution in [-0.4, -0.2) is 20.4 Å². The minimum atomic E-state index is 0.465. The zero-order chi connectivity index (χ0) is 14.8. The molecule has 6 heteroatoms. The van der Waals surface area contributed by atoms with Gasteiger partial charge in [-0.2, -0.15) is 5.26 Å². The summed E-state index contributed by atoms with van der Waals surface area (Å²) < 4.78 is 2.88. The van der Waals surface area contributed by atoms with E-state index < -0.39 is 0 Å². The van der Waals surface area contributed by atoms with Crippen molar-refractivity contribution < 1.29 is 0 Å². The molecule has 2 heterocycles. The van der Waals surface area contributed by atoms with Gasteiger partial charge in [0.1, 0.15) is 17.4 Å². The predicted molar refractivity (Wildman–Crippen MR) is 85.7 cm³/mol. The van der Waals surface area contributed by atoms with Crippen molar-refractivity contribution in [3.8, 4) is 11.8 Å². The number of nitrogens with zero attached hydrogens (tertiary/aromatic N) is 4. The Kier molecular flexibility index (Phi) is 3.91. The first-order chi connectivity index (χ1) is 10.2. The van der Waals surface area contributed by atoms with Crippen molar-refractivity contribution in [2.75, 3.05) is 5.88 Å². The summed E-state index contributed by atoms with van der Waals surface area (Å²) >= 11 is 9.34. The Hall–Kier alpha value is -1.90. The highest BCUT2D eigenvalue weighted by atomic mass is 79.9. The fourth-order valence-electron chi connectivity index (χ4n) is 2.29. The van der Waals surface area contributed by atoms with Crippen LogP contribution < -0.4 is 0 Å². The maximum absolute atomic E-state index is 9.36. The van der Waals surface area contributed by atoms with Crippen molar-refractivity contribution in [3.05, 3.63) is 52.5 Å². The van der Waals surface area contributed by atoms with Gasteiger partial charge in [-0.15, -0.1) is 11.6 Å². The van der Waals surface area contributed by atoms with Gasteiger partial charge < -0.3 is 0 Å². The number of hydrogen-bond donors (Lipinski definition) is 0. The van der Waals surface area contributed by atoms with Crippen molar-refractivity contribution in [1.82, 2.24) is 14.5 Å². The molecule has 2 aromatic heterocycles. The molecule has 21 heavy (non-hydrogen) atoms. The molecular weight excluding hydrogens is 352 g/mol. The van der Waals surface area contributed by atoms with Crippen LogP contribution in [0.5, 0.6) is 0 Å².